The van der Waals surface area contributed by atoms with Gasteiger partial charge in [0.1, 0.15) is 17.1 Å². The van der Waals surface area contributed by atoms with Crippen LogP contribution in [0.5, 0.6) is 5.75 Å². The lowest BCUT2D eigenvalue weighted by Crippen LogP contribution is -2.34. The van der Waals surface area contributed by atoms with Gasteiger partial charge in [-0.1, -0.05) is 24.3 Å². The number of amides is 2. The molecule has 25 heavy (non-hydrogen) atoms. The number of hydrogen-bond donors (Lipinski definition) is 2. The van der Waals surface area contributed by atoms with Crippen LogP contribution in [0, 0.1) is 5.82 Å². The van der Waals surface area contributed by atoms with Crippen molar-refractivity contribution in [1.82, 2.24) is 10.6 Å². The molecule has 0 saturated carbocycles. The van der Waals surface area contributed by atoms with Crippen LogP contribution in [-0.2, 0) is 17.8 Å². The Balaban J connectivity index is 1.93. The quantitative estimate of drug-likeness (QED) is 0.789. The van der Waals surface area contributed by atoms with E-state index in [4.69, 9.17) is 9.47 Å². The number of urea groups is 1. The highest BCUT2D eigenvalue weighted by molar-refractivity contribution is 5.92. The van der Waals surface area contributed by atoms with Crippen molar-refractivity contribution in [2.45, 2.75) is 13.1 Å². The van der Waals surface area contributed by atoms with Crippen molar-refractivity contribution in [3.05, 3.63) is 65.0 Å². The number of methoxy groups -OCH3 is 2. The first kappa shape index (κ1) is 18.3. The zero-order valence-corrected chi connectivity index (χ0v) is 14.0. The van der Waals surface area contributed by atoms with Gasteiger partial charge in [0.2, 0.25) is 0 Å². The lowest BCUT2D eigenvalue weighted by molar-refractivity contribution is 0.0597. The Kier molecular flexibility index (Phi) is 6.33. The number of benzene rings is 2. The minimum Gasteiger partial charge on any atom is -0.496 e. The van der Waals surface area contributed by atoms with E-state index in [-0.39, 0.29) is 24.5 Å². The smallest absolute Gasteiger partial charge is 0.341 e. The number of carbonyl (C=O) groups excluding carboxylic acids is 2. The Morgan fingerprint density at radius 1 is 1.04 bits per heavy atom. The highest BCUT2D eigenvalue weighted by Gasteiger charge is 2.13. The molecular weight excluding hydrogens is 327 g/mol. The highest BCUT2D eigenvalue weighted by Crippen LogP contribution is 2.20. The maximum atomic E-state index is 13.5. The van der Waals surface area contributed by atoms with Crippen molar-refractivity contribution < 1.29 is 23.5 Å². The van der Waals surface area contributed by atoms with Gasteiger partial charge in [0.15, 0.2) is 0 Å². The van der Waals surface area contributed by atoms with Crippen LogP contribution < -0.4 is 15.4 Å². The normalized spacial score (nSPS) is 10.0. The average Bonchev–Trinajstić information content (AvgIpc) is 2.64. The minimum absolute atomic E-state index is 0.0779. The first-order chi connectivity index (χ1) is 12.0. The van der Waals surface area contributed by atoms with Crippen LogP contribution in [0.15, 0.2) is 42.5 Å². The second kappa shape index (κ2) is 8.68. The minimum atomic E-state index is -0.525. The largest absolute Gasteiger partial charge is 0.496 e. The standard InChI is InChI=1S/C18H19FN2O4/c1-24-16-8-7-12(9-14(16)17(22)25-2)10-20-18(23)21-11-13-5-3-4-6-15(13)19/h3-9H,10-11H2,1-2H3,(H2,20,21,23). The molecule has 0 radical (unpaired) electrons. The average molecular weight is 346 g/mol. The third kappa shape index (κ3) is 4.94. The number of ether oxygens (including phenoxy) is 2. The van der Waals surface area contributed by atoms with Gasteiger partial charge in [-0.05, 0) is 23.8 Å². The Labute approximate surface area is 144 Å². The van der Waals surface area contributed by atoms with Gasteiger partial charge in [-0.25, -0.2) is 14.0 Å². The van der Waals surface area contributed by atoms with Crippen molar-refractivity contribution >= 4 is 12.0 Å². The summed E-state index contributed by atoms with van der Waals surface area (Å²) in [5, 5.41) is 5.22. The van der Waals surface area contributed by atoms with E-state index in [1.165, 1.54) is 20.3 Å². The molecule has 7 heteroatoms. The number of hydrogen-bond acceptors (Lipinski definition) is 4. The first-order valence-electron chi connectivity index (χ1n) is 7.55. The fourth-order valence-electron chi connectivity index (χ4n) is 2.20. The van der Waals surface area contributed by atoms with E-state index in [1.54, 1.807) is 36.4 Å². The summed E-state index contributed by atoms with van der Waals surface area (Å²) in [5.74, 6) is -0.511. The summed E-state index contributed by atoms with van der Waals surface area (Å²) >= 11 is 0. The SMILES string of the molecule is COC(=O)c1cc(CNC(=O)NCc2ccccc2F)ccc1OC. The van der Waals surface area contributed by atoms with Gasteiger partial charge in [0, 0.05) is 18.7 Å². The number of halogens is 1. The summed E-state index contributed by atoms with van der Waals surface area (Å²) in [6.07, 6.45) is 0. The molecule has 0 aliphatic heterocycles. The zero-order chi connectivity index (χ0) is 18.2. The van der Waals surface area contributed by atoms with Crippen LogP contribution in [0.25, 0.3) is 0 Å². The summed E-state index contributed by atoms with van der Waals surface area (Å²) in [6, 6.07) is 10.7. The van der Waals surface area contributed by atoms with Gasteiger partial charge < -0.3 is 20.1 Å². The van der Waals surface area contributed by atoms with Gasteiger partial charge in [-0.3, -0.25) is 0 Å². The molecule has 0 bridgehead atoms. The summed E-state index contributed by atoms with van der Waals surface area (Å²) in [7, 11) is 2.73. The van der Waals surface area contributed by atoms with E-state index in [9.17, 15) is 14.0 Å². The van der Waals surface area contributed by atoms with E-state index >= 15 is 0 Å². The van der Waals surface area contributed by atoms with Gasteiger partial charge in [-0.15, -0.1) is 0 Å². The van der Waals surface area contributed by atoms with Crippen LogP contribution in [0.2, 0.25) is 0 Å². The molecule has 2 aromatic rings. The summed E-state index contributed by atoms with van der Waals surface area (Å²) in [5.41, 5.74) is 1.37. The summed E-state index contributed by atoms with van der Waals surface area (Å²) in [4.78, 5) is 23.6. The van der Waals surface area contributed by atoms with Crippen molar-refractivity contribution in [3.63, 3.8) is 0 Å². The number of esters is 1. The van der Waals surface area contributed by atoms with Crippen molar-refractivity contribution in [2.75, 3.05) is 14.2 Å². The van der Waals surface area contributed by atoms with Crippen LogP contribution in [-0.4, -0.2) is 26.2 Å². The molecule has 0 heterocycles. The fraction of sp³-hybridized carbons (Fsp3) is 0.222. The van der Waals surface area contributed by atoms with Crippen molar-refractivity contribution in [3.8, 4) is 5.75 Å². The Bertz CT molecular complexity index is 764. The molecule has 0 aromatic heterocycles. The zero-order valence-electron chi connectivity index (χ0n) is 14.0. The van der Waals surface area contributed by atoms with Crippen LogP contribution in [0.3, 0.4) is 0 Å². The van der Waals surface area contributed by atoms with Crippen LogP contribution in [0.1, 0.15) is 21.5 Å². The Morgan fingerprint density at radius 3 is 2.44 bits per heavy atom. The Hall–Kier alpha value is -3.09. The molecule has 2 rings (SSSR count). The van der Waals surface area contributed by atoms with E-state index < -0.39 is 12.0 Å². The molecule has 132 valence electrons. The van der Waals surface area contributed by atoms with Gasteiger partial charge in [0.05, 0.1) is 14.2 Å². The first-order valence-corrected chi connectivity index (χ1v) is 7.55. The van der Waals surface area contributed by atoms with E-state index in [1.807, 2.05) is 0 Å². The van der Waals surface area contributed by atoms with Crippen molar-refractivity contribution in [2.24, 2.45) is 0 Å². The third-order valence-corrected chi connectivity index (χ3v) is 3.52. The summed E-state index contributed by atoms with van der Waals surface area (Å²) in [6.45, 7) is 0.269. The second-order valence-corrected chi connectivity index (χ2v) is 5.15. The van der Waals surface area contributed by atoms with Gasteiger partial charge in [0.25, 0.3) is 0 Å². The molecule has 0 spiro atoms. The molecule has 0 aliphatic carbocycles. The van der Waals surface area contributed by atoms with Crippen LogP contribution in [0.4, 0.5) is 9.18 Å². The molecule has 2 aromatic carbocycles. The molecule has 0 atom stereocenters. The highest BCUT2D eigenvalue weighted by atomic mass is 19.1. The number of rotatable bonds is 6. The topological polar surface area (TPSA) is 76.7 Å². The molecule has 0 saturated heterocycles. The lowest BCUT2D eigenvalue weighted by Gasteiger charge is -2.11. The maximum absolute atomic E-state index is 13.5. The molecule has 0 aliphatic rings. The van der Waals surface area contributed by atoms with Crippen LogP contribution >= 0.6 is 0 Å². The molecule has 2 N–H and O–H groups in total. The number of nitrogens with one attached hydrogen (secondary N) is 2. The monoisotopic (exact) mass is 346 g/mol. The number of carbonyl (C=O) groups is 2. The van der Waals surface area contributed by atoms with Gasteiger partial charge in [-0.2, -0.15) is 0 Å². The van der Waals surface area contributed by atoms with E-state index in [0.29, 0.717) is 16.9 Å². The molecular formula is C18H19FN2O4. The fourth-order valence-corrected chi connectivity index (χ4v) is 2.20. The molecule has 0 unspecified atom stereocenters. The molecule has 2 amide bonds. The molecule has 0 fully saturated rings. The van der Waals surface area contributed by atoms with Gasteiger partial charge >= 0.3 is 12.0 Å². The maximum Gasteiger partial charge on any atom is 0.341 e. The summed E-state index contributed by atoms with van der Waals surface area (Å²) < 4.78 is 23.3. The predicted molar refractivity (Wildman–Crippen MR) is 89.8 cm³/mol. The third-order valence-electron chi connectivity index (χ3n) is 3.52. The predicted octanol–water partition coefficient (Wildman–Crippen LogP) is 2.62. The second-order valence-electron chi connectivity index (χ2n) is 5.15. The lowest BCUT2D eigenvalue weighted by atomic mass is 10.1. The van der Waals surface area contributed by atoms with E-state index in [0.717, 1.165) is 0 Å². The Morgan fingerprint density at radius 2 is 1.76 bits per heavy atom. The van der Waals surface area contributed by atoms with E-state index in [2.05, 4.69) is 10.6 Å². The van der Waals surface area contributed by atoms with Crippen molar-refractivity contribution in [1.29, 1.82) is 0 Å². The molecule has 6 nitrogen and oxygen atoms in total.